The predicted octanol–water partition coefficient (Wildman–Crippen LogP) is 3.46. The Bertz CT molecular complexity index is 1120. The van der Waals surface area contributed by atoms with Crippen LogP contribution in [0.15, 0.2) is 65.5 Å². The first-order valence-electron chi connectivity index (χ1n) is 10.4. The maximum Gasteiger partial charge on any atom is 0.271 e. The number of hydrogen-bond donors (Lipinski definition) is 0. The quantitative estimate of drug-likeness (QED) is 0.649. The number of nitrogens with zero attached hydrogens (tertiary/aromatic N) is 4. The zero-order chi connectivity index (χ0) is 22.0. The van der Waals surface area contributed by atoms with Gasteiger partial charge in [0.15, 0.2) is 0 Å². The van der Waals surface area contributed by atoms with E-state index in [2.05, 4.69) is 23.8 Å². The van der Waals surface area contributed by atoms with Crippen LogP contribution >= 0.6 is 0 Å². The van der Waals surface area contributed by atoms with Gasteiger partial charge in [0.25, 0.3) is 11.5 Å². The van der Waals surface area contributed by atoms with Gasteiger partial charge in [-0.05, 0) is 53.9 Å². The van der Waals surface area contributed by atoms with Crippen molar-refractivity contribution in [3.63, 3.8) is 0 Å². The Hall–Kier alpha value is -3.48. The van der Waals surface area contributed by atoms with Crippen LogP contribution in [0.2, 0.25) is 0 Å². The molecule has 1 aromatic heterocycles. The molecule has 1 aliphatic heterocycles. The number of amides is 1. The highest BCUT2D eigenvalue weighted by atomic mass is 19.1. The molecule has 0 N–H and O–H groups in total. The number of carbonyl (C=O) groups is 1. The maximum absolute atomic E-state index is 13.1. The molecule has 31 heavy (non-hydrogen) atoms. The fourth-order valence-electron chi connectivity index (χ4n) is 3.67. The van der Waals surface area contributed by atoms with Gasteiger partial charge < -0.3 is 9.80 Å². The van der Waals surface area contributed by atoms with Crippen molar-refractivity contribution < 1.29 is 9.18 Å². The van der Waals surface area contributed by atoms with E-state index in [-0.39, 0.29) is 17.3 Å². The van der Waals surface area contributed by atoms with Gasteiger partial charge in [-0.2, -0.15) is 4.68 Å². The zero-order valence-corrected chi connectivity index (χ0v) is 17.7. The third-order valence-corrected chi connectivity index (χ3v) is 5.57. The minimum atomic E-state index is -0.360. The first-order chi connectivity index (χ1) is 14.9. The Morgan fingerprint density at radius 3 is 2.16 bits per heavy atom. The molecular formula is C24H25FN4O2. The summed E-state index contributed by atoms with van der Waals surface area (Å²) in [7, 11) is 0. The van der Waals surface area contributed by atoms with Crippen LogP contribution in [0.3, 0.4) is 0 Å². The van der Waals surface area contributed by atoms with Gasteiger partial charge in [-0.15, -0.1) is 5.10 Å². The van der Waals surface area contributed by atoms with Crippen LogP contribution in [-0.4, -0.2) is 46.8 Å². The van der Waals surface area contributed by atoms with E-state index < -0.39 is 0 Å². The van der Waals surface area contributed by atoms with Gasteiger partial charge >= 0.3 is 0 Å². The number of hydrogen-bond acceptors (Lipinski definition) is 4. The van der Waals surface area contributed by atoms with Crippen LogP contribution < -0.4 is 10.5 Å². The average Bonchev–Trinajstić information content (AvgIpc) is 2.80. The molecular weight excluding hydrogens is 395 g/mol. The lowest BCUT2D eigenvalue weighted by Gasteiger charge is -2.35. The second-order valence-corrected chi connectivity index (χ2v) is 7.97. The summed E-state index contributed by atoms with van der Waals surface area (Å²) >= 11 is 0. The molecule has 0 saturated carbocycles. The van der Waals surface area contributed by atoms with Gasteiger partial charge in [-0.25, -0.2) is 4.39 Å². The Labute approximate surface area is 180 Å². The molecule has 160 valence electrons. The van der Waals surface area contributed by atoms with Crippen molar-refractivity contribution in [3.8, 4) is 5.69 Å². The Morgan fingerprint density at radius 2 is 1.55 bits per heavy atom. The van der Waals surface area contributed by atoms with Gasteiger partial charge in [0.1, 0.15) is 11.6 Å². The van der Waals surface area contributed by atoms with Gasteiger partial charge in [0.2, 0.25) is 0 Å². The molecule has 7 heteroatoms. The first kappa shape index (κ1) is 20.8. The van der Waals surface area contributed by atoms with Crippen LogP contribution in [0.5, 0.6) is 0 Å². The van der Waals surface area contributed by atoms with E-state index >= 15 is 0 Å². The van der Waals surface area contributed by atoms with Crippen molar-refractivity contribution in [1.82, 2.24) is 14.7 Å². The van der Waals surface area contributed by atoms with E-state index in [9.17, 15) is 14.0 Å². The minimum Gasteiger partial charge on any atom is -0.352 e. The van der Waals surface area contributed by atoms with Gasteiger partial charge in [0.05, 0.1) is 5.69 Å². The third kappa shape index (κ3) is 4.50. The molecule has 1 fully saturated rings. The summed E-state index contributed by atoms with van der Waals surface area (Å²) in [5.41, 5.74) is 2.22. The van der Waals surface area contributed by atoms with Crippen LogP contribution in [0, 0.1) is 5.82 Å². The van der Waals surface area contributed by atoms with E-state index in [1.54, 1.807) is 11.0 Å². The largest absolute Gasteiger partial charge is 0.352 e. The summed E-state index contributed by atoms with van der Waals surface area (Å²) < 4.78 is 14.5. The fraction of sp³-hybridized carbons (Fsp3) is 0.292. The SMILES string of the molecule is CC(C)c1ccc(-n2nc(N3CCN(C(=O)c4ccc(F)cc4)CC3)ccc2=O)cc1. The van der Waals surface area contributed by atoms with Crippen LogP contribution in [0.4, 0.5) is 10.2 Å². The number of anilines is 1. The van der Waals surface area contributed by atoms with E-state index in [1.807, 2.05) is 24.3 Å². The highest BCUT2D eigenvalue weighted by molar-refractivity contribution is 5.94. The Morgan fingerprint density at radius 1 is 0.903 bits per heavy atom. The van der Waals surface area contributed by atoms with Crippen molar-refractivity contribution in [2.45, 2.75) is 19.8 Å². The predicted molar refractivity (Wildman–Crippen MR) is 118 cm³/mol. The minimum absolute atomic E-state index is 0.108. The molecule has 0 atom stereocenters. The maximum atomic E-state index is 13.1. The molecule has 2 aromatic carbocycles. The molecule has 0 radical (unpaired) electrons. The van der Waals surface area contributed by atoms with Crippen molar-refractivity contribution in [2.24, 2.45) is 0 Å². The van der Waals surface area contributed by atoms with Crippen molar-refractivity contribution in [1.29, 1.82) is 0 Å². The highest BCUT2D eigenvalue weighted by Gasteiger charge is 2.23. The molecule has 6 nitrogen and oxygen atoms in total. The van der Waals surface area contributed by atoms with Gasteiger partial charge in [-0.3, -0.25) is 9.59 Å². The molecule has 0 unspecified atom stereocenters. The third-order valence-electron chi connectivity index (χ3n) is 5.57. The van der Waals surface area contributed by atoms with Crippen molar-refractivity contribution in [2.75, 3.05) is 31.1 Å². The standard InChI is InChI=1S/C24H25FN4O2/c1-17(2)18-5-9-21(10-6-18)29-23(30)12-11-22(26-29)27-13-15-28(16-14-27)24(31)19-3-7-20(25)8-4-19/h3-12,17H,13-16H2,1-2H3. The van der Waals surface area contributed by atoms with E-state index in [4.69, 9.17) is 0 Å². The van der Waals surface area contributed by atoms with E-state index in [0.717, 1.165) is 5.69 Å². The monoisotopic (exact) mass is 420 g/mol. The average molecular weight is 420 g/mol. The van der Waals surface area contributed by atoms with Crippen LogP contribution in [0.25, 0.3) is 5.69 Å². The molecule has 1 saturated heterocycles. The van der Waals surface area contributed by atoms with Crippen molar-refractivity contribution >= 4 is 11.7 Å². The molecule has 1 amide bonds. The number of aromatic nitrogens is 2. The summed E-state index contributed by atoms with van der Waals surface area (Å²) in [6.45, 7) is 6.51. The Balaban J connectivity index is 1.47. The number of benzene rings is 2. The summed E-state index contributed by atoms with van der Waals surface area (Å²) in [6, 6.07) is 16.7. The summed E-state index contributed by atoms with van der Waals surface area (Å²) in [5.74, 6) is 0.643. The number of rotatable bonds is 4. The number of halogens is 1. The topological polar surface area (TPSA) is 58.4 Å². The molecule has 0 spiro atoms. The lowest BCUT2D eigenvalue weighted by molar-refractivity contribution is 0.0746. The smallest absolute Gasteiger partial charge is 0.271 e. The number of piperazine rings is 1. The zero-order valence-electron chi connectivity index (χ0n) is 17.7. The molecule has 1 aliphatic rings. The summed E-state index contributed by atoms with van der Waals surface area (Å²) in [5, 5.41) is 4.56. The normalized spacial score (nSPS) is 14.2. The van der Waals surface area contributed by atoms with E-state index in [1.165, 1.54) is 40.6 Å². The molecule has 4 rings (SSSR count). The van der Waals surface area contributed by atoms with Gasteiger partial charge in [0, 0.05) is 37.8 Å². The Kier molecular flexibility index (Phi) is 5.84. The molecule has 0 bridgehead atoms. The second-order valence-electron chi connectivity index (χ2n) is 7.97. The summed E-state index contributed by atoms with van der Waals surface area (Å²) in [6.07, 6.45) is 0. The molecule has 2 heterocycles. The lowest BCUT2D eigenvalue weighted by Crippen LogP contribution is -2.49. The number of carbonyl (C=O) groups excluding carboxylic acids is 1. The summed E-state index contributed by atoms with van der Waals surface area (Å²) in [4.78, 5) is 28.9. The fourth-order valence-corrected chi connectivity index (χ4v) is 3.67. The van der Waals surface area contributed by atoms with Crippen LogP contribution in [0.1, 0.15) is 35.7 Å². The van der Waals surface area contributed by atoms with Gasteiger partial charge in [-0.1, -0.05) is 26.0 Å². The van der Waals surface area contributed by atoms with E-state index in [0.29, 0.717) is 43.5 Å². The lowest BCUT2D eigenvalue weighted by atomic mass is 10.0. The highest BCUT2D eigenvalue weighted by Crippen LogP contribution is 2.18. The second kappa shape index (κ2) is 8.71. The first-order valence-corrected chi connectivity index (χ1v) is 10.4. The molecule has 0 aliphatic carbocycles. The van der Waals surface area contributed by atoms with Crippen molar-refractivity contribution in [3.05, 3.63) is 88.0 Å². The molecule has 3 aromatic rings. The van der Waals surface area contributed by atoms with Crippen LogP contribution in [-0.2, 0) is 0 Å².